The molecule has 43 heavy (non-hydrogen) atoms. The van der Waals surface area contributed by atoms with Crippen LogP contribution in [-0.2, 0) is 11.2 Å². The predicted molar refractivity (Wildman–Crippen MR) is 165 cm³/mol. The number of nitrogens with two attached hydrogens (primary N) is 3. The summed E-state index contributed by atoms with van der Waals surface area (Å²) in [6.45, 7) is 2.94. The van der Waals surface area contributed by atoms with E-state index in [4.69, 9.17) is 33.5 Å². The van der Waals surface area contributed by atoms with Gasteiger partial charge < -0.3 is 42.8 Å². The molecule has 0 aliphatic heterocycles. The van der Waals surface area contributed by atoms with E-state index in [9.17, 15) is 19.8 Å². The van der Waals surface area contributed by atoms with Gasteiger partial charge in [-0.1, -0.05) is 29.8 Å². The van der Waals surface area contributed by atoms with Gasteiger partial charge in [-0.25, -0.2) is 9.97 Å². The van der Waals surface area contributed by atoms with Crippen LogP contribution >= 0.6 is 11.6 Å². The smallest absolute Gasteiger partial charge is 0.280 e. The Labute approximate surface area is 253 Å². The average Bonchev–Trinajstić information content (AvgIpc) is 2.96. The molecule has 2 amide bonds. The summed E-state index contributed by atoms with van der Waals surface area (Å²) in [6, 6.07) is 12.3. The number of guanidine groups is 1. The standard InChI is InChI=1S/C28H36ClN9O5/c1-16(39)35-20-14-18(7-10-21(20)40)22(41)15-33-12-13-43-19-8-5-17(6-9-19)4-2-3-11-34-28(32)38-27(42)23-25(30)37-26(31)24(29)36-23/h5-10,14,22,33,40-41H,2-4,11-13,15H2,1H3,(H,35,39)(H4,30,31,37)(H3,32,34,38,42)/t22-/m0/s1. The minimum Gasteiger partial charge on any atom is -0.506 e. The van der Waals surface area contributed by atoms with Crippen molar-refractivity contribution in [3.63, 3.8) is 0 Å². The van der Waals surface area contributed by atoms with Crippen LogP contribution in [0.3, 0.4) is 0 Å². The Morgan fingerprint density at radius 3 is 2.56 bits per heavy atom. The Kier molecular flexibility index (Phi) is 12.3. The highest BCUT2D eigenvalue weighted by Gasteiger charge is 2.16. The highest BCUT2D eigenvalue weighted by molar-refractivity contribution is 6.31. The number of nitrogen functional groups attached to an aromatic ring is 2. The van der Waals surface area contributed by atoms with Crippen molar-refractivity contribution in [1.29, 1.82) is 0 Å². The zero-order chi connectivity index (χ0) is 31.4. The molecule has 0 bridgehead atoms. The number of aliphatic hydroxyl groups is 1. The Bertz CT molecular complexity index is 1440. The molecule has 14 nitrogen and oxygen atoms in total. The molecule has 15 heteroatoms. The van der Waals surface area contributed by atoms with Crippen molar-refractivity contribution >= 4 is 46.7 Å². The van der Waals surface area contributed by atoms with E-state index in [1.54, 1.807) is 6.07 Å². The summed E-state index contributed by atoms with van der Waals surface area (Å²) in [4.78, 5) is 35.3. The fraction of sp³-hybridized carbons (Fsp3) is 0.321. The molecule has 230 valence electrons. The van der Waals surface area contributed by atoms with Crippen LogP contribution in [-0.4, -0.2) is 64.2 Å². The van der Waals surface area contributed by atoms with Gasteiger partial charge in [0.25, 0.3) is 5.91 Å². The Morgan fingerprint density at radius 1 is 1.09 bits per heavy atom. The second kappa shape index (κ2) is 16.1. The predicted octanol–water partition coefficient (Wildman–Crippen LogP) is 1.73. The molecule has 0 fully saturated rings. The summed E-state index contributed by atoms with van der Waals surface area (Å²) in [5.74, 6) is -0.647. The first-order valence-electron chi connectivity index (χ1n) is 13.4. The van der Waals surface area contributed by atoms with Crippen molar-refractivity contribution in [3.8, 4) is 11.5 Å². The lowest BCUT2D eigenvalue weighted by molar-refractivity contribution is -0.114. The largest absolute Gasteiger partial charge is 0.506 e. The van der Waals surface area contributed by atoms with E-state index in [1.165, 1.54) is 19.1 Å². The number of hydrogen-bond acceptors (Lipinski definition) is 11. The van der Waals surface area contributed by atoms with E-state index < -0.39 is 12.0 Å². The maximum absolute atomic E-state index is 12.3. The highest BCUT2D eigenvalue weighted by Crippen LogP contribution is 2.27. The lowest BCUT2D eigenvalue weighted by atomic mass is 10.1. The third kappa shape index (κ3) is 10.6. The quantitative estimate of drug-likeness (QED) is 0.0563. The minimum atomic E-state index is -0.822. The molecular formula is C28H36ClN9O5. The summed E-state index contributed by atoms with van der Waals surface area (Å²) in [5.41, 5.74) is 18.7. The van der Waals surface area contributed by atoms with Crippen LogP contribution in [0.4, 0.5) is 17.3 Å². The summed E-state index contributed by atoms with van der Waals surface area (Å²) in [5, 5.41) is 28.2. The van der Waals surface area contributed by atoms with E-state index in [0.29, 0.717) is 25.3 Å². The number of nitrogens with zero attached hydrogens (tertiary/aromatic N) is 3. The van der Waals surface area contributed by atoms with Crippen LogP contribution in [0.25, 0.3) is 0 Å². The lowest BCUT2D eigenvalue weighted by Crippen LogP contribution is -2.38. The molecular weight excluding hydrogens is 578 g/mol. The number of aromatic nitrogens is 2. The number of rotatable bonds is 14. The molecule has 0 spiro atoms. The minimum absolute atomic E-state index is 0.0684. The van der Waals surface area contributed by atoms with Crippen molar-refractivity contribution in [1.82, 2.24) is 20.6 Å². The molecule has 1 heterocycles. The summed E-state index contributed by atoms with van der Waals surface area (Å²) in [7, 11) is 0. The summed E-state index contributed by atoms with van der Waals surface area (Å²) >= 11 is 5.80. The SMILES string of the molecule is CC(=O)Nc1cc([C@@H](O)CNCCOc2ccc(CCCCN=C(N)NC(=O)c3nc(Cl)c(N)nc3N)cc2)ccc1O. The molecule has 0 radical (unpaired) electrons. The maximum Gasteiger partial charge on any atom is 0.280 e. The van der Waals surface area contributed by atoms with E-state index in [-0.39, 0.29) is 52.3 Å². The summed E-state index contributed by atoms with van der Waals surface area (Å²) < 4.78 is 5.76. The van der Waals surface area contributed by atoms with Crippen LogP contribution in [0, 0.1) is 0 Å². The number of hydrogen-bond donors (Lipinski definition) is 8. The van der Waals surface area contributed by atoms with Gasteiger partial charge in [-0.05, 0) is 54.7 Å². The molecule has 3 rings (SSSR count). The van der Waals surface area contributed by atoms with Gasteiger partial charge in [0.1, 0.15) is 18.1 Å². The van der Waals surface area contributed by atoms with Crippen molar-refractivity contribution in [2.75, 3.05) is 43.0 Å². The molecule has 0 aliphatic rings. The monoisotopic (exact) mass is 613 g/mol. The van der Waals surface area contributed by atoms with Gasteiger partial charge in [0.2, 0.25) is 5.91 Å². The number of anilines is 3. The van der Waals surface area contributed by atoms with Crippen LogP contribution in [0.5, 0.6) is 11.5 Å². The normalized spacial score (nSPS) is 12.0. The number of aryl methyl sites for hydroxylation is 1. The van der Waals surface area contributed by atoms with Crippen molar-refractivity contribution < 1.29 is 24.5 Å². The second-order valence-corrected chi connectivity index (χ2v) is 9.84. The molecule has 0 saturated carbocycles. The number of phenols is 1. The first kappa shape index (κ1) is 32.8. The number of amides is 2. The maximum atomic E-state index is 12.3. The number of phenolic OH excluding ortho intramolecular Hbond substituents is 1. The van der Waals surface area contributed by atoms with E-state index >= 15 is 0 Å². The number of aliphatic imine (C=N–C) groups is 1. The number of nitrogens with one attached hydrogen (secondary N) is 3. The molecule has 1 aromatic heterocycles. The molecule has 0 aliphatic carbocycles. The fourth-order valence-corrected chi connectivity index (χ4v) is 3.99. The van der Waals surface area contributed by atoms with E-state index in [1.807, 2.05) is 24.3 Å². The van der Waals surface area contributed by atoms with Gasteiger partial charge >= 0.3 is 0 Å². The number of carbonyl (C=O) groups excluding carboxylic acids is 2. The number of benzene rings is 2. The average molecular weight is 614 g/mol. The van der Waals surface area contributed by atoms with Gasteiger partial charge in [0, 0.05) is 26.6 Å². The third-order valence-corrected chi connectivity index (χ3v) is 6.32. The molecule has 0 saturated heterocycles. The van der Waals surface area contributed by atoms with Crippen molar-refractivity contribution in [2.24, 2.45) is 10.7 Å². The number of ether oxygens (including phenoxy) is 1. The van der Waals surface area contributed by atoms with Gasteiger partial charge in [-0.15, -0.1) is 0 Å². The molecule has 1 atom stereocenters. The van der Waals surface area contributed by atoms with Crippen LogP contribution in [0.15, 0.2) is 47.5 Å². The lowest BCUT2D eigenvalue weighted by Gasteiger charge is -2.15. The first-order chi connectivity index (χ1) is 20.5. The number of unbranched alkanes of at least 4 members (excludes halogenated alkanes) is 1. The highest BCUT2D eigenvalue weighted by atomic mass is 35.5. The topological polar surface area (TPSA) is 236 Å². The Hall–Kier alpha value is -4.66. The zero-order valence-electron chi connectivity index (χ0n) is 23.6. The zero-order valence-corrected chi connectivity index (χ0v) is 24.4. The second-order valence-electron chi connectivity index (χ2n) is 9.48. The number of aromatic hydroxyl groups is 1. The first-order valence-corrected chi connectivity index (χ1v) is 13.8. The Morgan fingerprint density at radius 2 is 1.84 bits per heavy atom. The fourth-order valence-electron chi connectivity index (χ4n) is 3.86. The van der Waals surface area contributed by atoms with Crippen LogP contribution in [0.2, 0.25) is 5.15 Å². The molecule has 3 aromatic rings. The van der Waals surface area contributed by atoms with Crippen LogP contribution in [0.1, 0.15) is 47.5 Å². The van der Waals surface area contributed by atoms with E-state index in [0.717, 1.165) is 30.6 Å². The van der Waals surface area contributed by atoms with Crippen molar-refractivity contribution in [2.45, 2.75) is 32.3 Å². The van der Waals surface area contributed by atoms with Gasteiger partial charge in [-0.2, -0.15) is 0 Å². The van der Waals surface area contributed by atoms with Crippen molar-refractivity contribution in [3.05, 3.63) is 64.4 Å². The number of carbonyl (C=O) groups is 2. The van der Waals surface area contributed by atoms with Crippen LogP contribution < -0.4 is 37.9 Å². The molecule has 11 N–H and O–H groups in total. The number of halogens is 1. The van der Waals surface area contributed by atoms with Gasteiger partial charge in [0.15, 0.2) is 28.4 Å². The van der Waals surface area contributed by atoms with Gasteiger partial charge in [-0.3, -0.25) is 19.9 Å². The number of aliphatic hydroxyl groups excluding tert-OH is 1. The third-order valence-electron chi connectivity index (χ3n) is 6.04. The van der Waals surface area contributed by atoms with Gasteiger partial charge in [0.05, 0.1) is 11.8 Å². The Balaban J connectivity index is 1.31. The molecule has 2 aromatic carbocycles. The van der Waals surface area contributed by atoms with E-state index in [2.05, 4.69) is 30.9 Å². The molecule has 0 unspecified atom stereocenters. The summed E-state index contributed by atoms with van der Waals surface area (Å²) in [6.07, 6.45) is 1.62.